The normalized spacial score (nSPS) is 37.7. The zero-order chi connectivity index (χ0) is 35.8. The van der Waals surface area contributed by atoms with E-state index in [9.17, 15) is 14.7 Å². The molecule has 0 radical (unpaired) electrons. The van der Waals surface area contributed by atoms with E-state index >= 15 is 4.79 Å². The second-order valence-electron chi connectivity index (χ2n) is 16.5. The van der Waals surface area contributed by atoms with E-state index < -0.39 is 78.7 Å². The minimum absolute atomic E-state index is 0.0413. The number of hydrogen-bond acceptors (Lipinski definition) is 10. The molecule has 4 aliphatic rings. The van der Waals surface area contributed by atoms with Gasteiger partial charge in [-0.15, -0.1) is 0 Å². The highest BCUT2D eigenvalue weighted by atomic mass is 28.4. The number of aliphatic hydroxyl groups is 1. The van der Waals surface area contributed by atoms with Crippen LogP contribution >= 0.6 is 0 Å². The lowest BCUT2D eigenvalue weighted by molar-refractivity contribution is -0.347. The van der Waals surface area contributed by atoms with Gasteiger partial charge in [-0.25, -0.2) is 4.79 Å². The molecule has 1 N–H and O–H groups in total. The van der Waals surface area contributed by atoms with Crippen molar-refractivity contribution in [3.8, 4) is 0 Å². The van der Waals surface area contributed by atoms with Gasteiger partial charge in [-0.1, -0.05) is 52.8 Å². The fraction of sp³-hybridized carbons (Fsp3) is 0.703. The second kappa shape index (κ2) is 12.1. The predicted molar refractivity (Wildman–Crippen MR) is 181 cm³/mol. The summed E-state index contributed by atoms with van der Waals surface area (Å²) in [6.45, 7) is 19.4. The number of carbonyl (C=O) groups is 3. The number of fused-ring (bicyclic) bond motifs is 5. The van der Waals surface area contributed by atoms with Crippen LogP contribution in [0, 0.1) is 16.7 Å². The third-order valence-corrected chi connectivity index (χ3v) is 17.1. The maximum absolute atomic E-state index is 15.4. The predicted octanol–water partition coefficient (Wildman–Crippen LogP) is 5.42. The molecule has 0 amide bonds. The molecular formula is C37H54O10Si. The van der Waals surface area contributed by atoms with Crippen molar-refractivity contribution < 1.29 is 47.6 Å². The molecule has 266 valence electrons. The van der Waals surface area contributed by atoms with E-state index in [1.807, 2.05) is 20.8 Å². The average Bonchev–Trinajstić information content (AvgIpc) is 2.99. The van der Waals surface area contributed by atoms with Crippen LogP contribution in [0.5, 0.6) is 0 Å². The van der Waals surface area contributed by atoms with Crippen LogP contribution in [0.3, 0.4) is 0 Å². The fourth-order valence-corrected chi connectivity index (χ4v) is 10.1. The first kappa shape index (κ1) is 36.9. The van der Waals surface area contributed by atoms with Gasteiger partial charge in [-0.05, 0) is 55.3 Å². The molecule has 9 atom stereocenters. The van der Waals surface area contributed by atoms with Crippen LogP contribution in [0.15, 0.2) is 41.5 Å². The van der Waals surface area contributed by atoms with E-state index in [0.29, 0.717) is 5.57 Å². The quantitative estimate of drug-likeness (QED) is 0.226. The van der Waals surface area contributed by atoms with Crippen molar-refractivity contribution in [2.45, 2.75) is 128 Å². The molecule has 10 nitrogen and oxygen atoms in total. The number of ketones is 1. The zero-order valence-electron chi connectivity index (χ0n) is 30.6. The molecular weight excluding hydrogens is 632 g/mol. The standard InChI is InChI=1S/C37H54O10Si/c1-21-24(47-48(11,12)33(3,4)5)19-37(41)31(45-32(40)23-16-14-13-15-17-23)29-35(8,30(39)28(43-10)27(21)34(37,6)7)25(42-9)18-26-36(29,20-44-26)46-22(2)38/h13-17,24-26,28-29,31,41H,18-20H2,1-12H3/t24-,25-,26+,28+,29-,31-,35+,36-,37+/m0/s1. The molecule has 0 aromatic heterocycles. The number of benzene rings is 1. The van der Waals surface area contributed by atoms with Gasteiger partial charge >= 0.3 is 11.9 Å². The van der Waals surface area contributed by atoms with Crippen molar-refractivity contribution in [3.05, 3.63) is 47.0 Å². The molecule has 0 unspecified atom stereocenters. The summed E-state index contributed by atoms with van der Waals surface area (Å²) < 4.78 is 38.1. The number of Topliss-reactive ketones (excluding diaryl/α,β-unsaturated/α-hetero) is 1. The molecule has 1 heterocycles. The van der Waals surface area contributed by atoms with Crippen LogP contribution < -0.4 is 0 Å². The van der Waals surface area contributed by atoms with E-state index in [0.717, 1.165) is 5.57 Å². The van der Waals surface area contributed by atoms with Gasteiger partial charge in [0.15, 0.2) is 19.7 Å². The Kier molecular flexibility index (Phi) is 9.31. The largest absolute Gasteiger partial charge is 0.455 e. The highest BCUT2D eigenvalue weighted by Crippen LogP contribution is 2.65. The highest BCUT2D eigenvalue weighted by molar-refractivity contribution is 6.74. The Balaban J connectivity index is 1.85. The molecule has 0 spiro atoms. The Bertz CT molecular complexity index is 1480. The van der Waals surface area contributed by atoms with Gasteiger partial charge < -0.3 is 33.2 Å². The Morgan fingerprint density at radius 3 is 2.17 bits per heavy atom. The van der Waals surface area contributed by atoms with Crippen molar-refractivity contribution in [1.82, 2.24) is 0 Å². The van der Waals surface area contributed by atoms with Crippen LogP contribution in [0.4, 0.5) is 0 Å². The summed E-state index contributed by atoms with van der Waals surface area (Å²) in [5, 5.41) is 13.4. The molecule has 3 aliphatic carbocycles. The van der Waals surface area contributed by atoms with Gasteiger partial charge in [-0.2, -0.15) is 0 Å². The highest BCUT2D eigenvalue weighted by Gasteiger charge is 2.78. The lowest BCUT2D eigenvalue weighted by Crippen LogP contribution is -2.82. The Morgan fingerprint density at radius 1 is 1.04 bits per heavy atom. The monoisotopic (exact) mass is 686 g/mol. The molecule has 3 fully saturated rings. The smallest absolute Gasteiger partial charge is 0.338 e. The third-order valence-electron chi connectivity index (χ3n) is 12.6. The van der Waals surface area contributed by atoms with Crippen LogP contribution in [0.1, 0.15) is 78.6 Å². The number of methoxy groups -OCH3 is 2. The van der Waals surface area contributed by atoms with Crippen molar-refractivity contribution in [3.63, 3.8) is 0 Å². The molecule has 5 rings (SSSR count). The van der Waals surface area contributed by atoms with Crippen molar-refractivity contribution >= 4 is 26.0 Å². The van der Waals surface area contributed by atoms with Gasteiger partial charge in [0.05, 0.1) is 35.7 Å². The summed E-state index contributed by atoms with van der Waals surface area (Å²) in [5.74, 6) is -2.63. The average molecular weight is 687 g/mol. The number of ether oxygens (including phenoxy) is 5. The Morgan fingerprint density at radius 2 is 1.67 bits per heavy atom. The topological polar surface area (TPSA) is 127 Å². The van der Waals surface area contributed by atoms with Gasteiger partial charge in [0, 0.05) is 39.4 Å². The molecule has 1 aliphatic heterocycles. The Labute approximate surface area is 285 Å². The van der Waals surface area contributed by atoms with Crippen molar-refractivity contribution in [1.29, 1.82) is 0 Å². The second-order valence-corrected chi connectivity index (χ2v) is 21.2. The minimum Gasteiger partial charge on any atom is -0.455 e. The first-order valence-electron chi connectivity index (χ1n) is 16.9. The fourth-order valence-electron chi connectivity index (χ4n) is 8.82. The summed E-state index contributed by atoms with van der Waals surface area (Å²) in [7, 11) is 0.565. The van der Waals surface area contributed by atoms with Gasteiger partial charge in [-0.3, -0.25) is 9.59 Å². The summed E-state index contributed by atoms with van der Waals surface area (Å²) in [6, 6.07) is 8.54. The van der Waals surface area contributed by atoms with Gasteiger partial charge in [0.2, 0.25) is 0 Å². The summed E-state index contributed by atoms with van der Waals surface area (Å²) in [6.07, 6.45) is -4.19. The molecule has 2 bridgehead atoms. The summed E-state index contributed by atoms with van der Waals surface area (Å²) >= 11 is 0. The lowest BCUT2D eigenvalue weighted by atomic mass is 9.44. The number of hydrogen-bond donors (Lipinski definition) is 1. The van der Waals surface area contributed by atoms with Crippen molar-refractivity contribution in [2.75, 3.05) is 20.8 Å². The van der Waals surface area contributed by atoms with E-state index in [1.165, 1.54) is 21.1 Å². The van der Waals surface area contributed by atoms with E-state index in [4.69, 9.17) is 28.1 Å². The van der Waals surface area contributed by atoms with Crippen LogP contribution in [-0.4, -0.2) is 93.7 Å². The molecule has 1 aromatic rings. The molecule has 2 saturated carbocycles. The lowest BCUT2D eigenvalue weighted by Gasteiger charge is -2.68. The maximum Gasteiger partial charge on any atom is 0.338 e. The van der Waals surface area contributed by atoms with Gasteiger partial charge in [0.25, 0.3) is 0 Å². The number of carbonyl (C=O) groups excluding carboxylic acids is 3. The number of esters is 2. The third kappa shape index (κ3) is 5.26. The first-order valence-corrected chi connectivity index (χ1v) is 19.8. The van der Waals surface area contributed by atoms with E-state index in [1.54, 1.807) is 37.3 Å². The summed E-state index contributed by atoms with van der Waals surface area (Å²) in [5.41, 5.74) is -4.20. The summed E-state index contributed by atoms with van der Waals surface area (Å²) in [4.78, 5) is 42.4. The van der Waals surface area contributed by atoms with E-state index in [-0.39, 0.29) is 35.8 Å². The molecule has 1 aromatic carbocycles. The van der Waals surface area contributed by atoms with Crippen molar-refractivity contribution in [2.24, 2.45) is 16.7 Å². The van der Waals surface area contributed by atoms with Crippen LogP contribution in [0.2, 0.25) is 18.1 Å². The van der Waals surface area contributed by atoms with Crippen LogP contribution in [-0.2, 0) is 37.7 Å². The minimum atomic E-state index is -2.45. The Hall–Kier alpha value is -2.41. The zero-order valence-corrected chi connectivity index (χ0v) is 31.6. The SMILES string of the molecule is CO[C@H]1C(=O)[C@]2(C)[C@@H](OC)C[C@H]3OC[C@@]3(OC(C)=O)[C@H]2[C@H](OC(=O)c2ccccc2)[C@]2(O)C[C@H](O[Si](C)(C)C(C)(C)C)C(C)=C1C2(C)C. The van der Waals surface area contributed by atoms with Gasteiger partial charge in [0.1, 0.15) is 23.9 Å². The van der Waals surface area contributed by atoms with E-state index in [2.05, 4.69) is 33.9 Å². The molecule has 11 heteroatoms. The molecule has 1 saturated heterocycles. The van der Waals surface area contributed by atoms with Crippen LogP contribution in [0.25, 0.3) is 0 Å². The maximum atomic E-state index is 15.4. The molecule has 48 heavy (non-hydrogen) atoms. The first-order chi connectivity index (χ1) is 22.1. The number of rotatable bonds is 7.